The van der Waals surface area contributed by atoms with E-state index >= 15 is 0 Å². The van der Waals surface area contributed by atoms with E-state index in [1.165, 1.54) is 33.9 Å². The fraction of sp³-hybridized carbons (Fsp3) is 0.429. The highest BCUT2D eigenvalue weighted by molar-refractivity contribution is 7.03. The zero-order valence-electron chi connectivity index (χ0n) is 16.4. The zero-order valence-corrected chi connectivity index (χ0v) is 18.4. The summed E-state index contributed by atoms with van der Waals surface area (Å²) in [5.41, 5.74) is 2.50. The largest absolute Gasteiger partial charge is 0.286 e. The van der Waals surface area contributed by atoms with Gasteiger partial charge in [0.2, 0.25) is 0 Å². The van der Waals surface area contributed by atoms with Crippen LogP contribution in [-0.2, 0) is 13.5 Å². The molecule has 25 heavy (non-hydrogen) atoms. The minimum Gasteiger partial charge on any atom is -0.236 e. The van der Waals surface area contributed by atoms with Crippen LogP contribution in [0.15, 0.2) is 30.6 Å². The van der Waals surface area contributed by atoms with Gasteiger partial charge in [-0.15, -0.1) is 0 Å². The number of aryl methyl sites for hydroxylation is 2. The minimum absolute atomic E-state index is 1.03. The lowest BCUT2D eigenvalue weighted by Crippen LogP contribution is -2.63. The van der Waals surface area contributed by atoms with Gasteiger partial charge in [-0.1, -0.05) is 67.7 Å². The molecule has 1 aromatic heterocycles. The first kappa shape index (κ1) is 16.9. The molecule has 0 saturated carbocycles. The molecule has 0 radical (unpaired) electrons. The molecule has 3 aromatic rings. The smallest absolute Gasteiger partial charge is 0.236 e. The quantitative estimate of drug-likeness (QED) is 0.366. The van der Waals surface area contributed by atoms with Crippen molar-refractivity contribution in [3.8, 4) is 0 Å². The van der Waals surface area contributed by atoms with Crippen molar-refractivity contribution in [3.05, 3.63) is 36.3 Å². The summed E-state index contributed by atoms with van der Waals surface area (Å²) in [5.74, 6) is 0. The third-order valence-corrected chi connectivity index (χ3v) is 13.9. The molecule has 0 unspecified atom stereocenters. The summed E-state index contributed by atoms with van der Waals surface area (Å²) in [7, 11) is -0.501. The second-order valence-electron chi connectivity index (χ2n) is 9.04. The standard InChI is InChI=1S/C21H29N2Si2/c1-7-19-17-10-15-12-20-21(25(5,6)9-8-24(20,3)4)13-16(15)11-18(17)22-14-23(19)2/h10-14H,7-9H2,1-6H3/q+1. The SMILES string of the molecule is CCc1c2cc3cc4c(cc3cc2nc[n+]1C)[Si](C)(C)CC[Si]4(C)C. The minimum atomic E-state index is -1.30. The van der Waals surface area contributed by atoms with Crippen molar-refractivity contribution < 1.29 is 4.57 Å². The number of hydrogen-bond acceptors (Lipinski definition) is 1. The van der Waals surface area contributed by atoms with E-state index in [9.17, 15) is 0 Å². The first-order valence-corrected chi connectivity index (χ1v) is 15.9. The Morgan fingerprint density at radius 3 is 2.04 bits per heavy atom. The first-order valence-electron chi connectivity index (χ1n) is 9.49. The average Bonchev–Trinajstić information content (AvgIpc) is 2.56. The molecule has 130 valence electrons. The van der Waals surface area contributed by atoms with Crippen LogP contribution in [0.4, 0.5) is 0 Å². The molecule has 2 aromatic carbocycles. The van der Waals surface area contributed by atoms with Gasteiger partial charge in [-0.3, -0.25) is 0 Å². The fourth-order valence-corrected chi connectivity index (χ4v) is 14.8. The Bertz CT molecular complexity index is 1010. The van der Waals surface area contributed by atoms with Gasteiger partial charge in [-0.05, 0) is 27.9 Å². The topological polar surface area (TPSA) is 16.8 Å². The number of aromatic nitrogens is 2. The number of benzene rings is 2. The zero-order chi connectivity index (χ0) is 18.0. The summed E-state index contributed by atoms with van der Waals surface area (Å²) in [6, 6.07) is 12.7. The van der Waals surface area contributed by atoms with E-state index in [2.05, 4.69) is 69.0 Å². The summed E-state index contributed by atoms with van der Waals surface area (Å²) in [6.07, 6.45) is 2.99. The fourth-order valence-electron chi connectivity index (χ4n) is 4.54. The monoisotopic (exact) mass is 365 g/mol. The summed E-state index contributed by atoms with van der Waals surface area (Å²) in [5, 5.41) is 7.54. The molecule has 0 atom stereocenters. The van der Waals surface area contributed by atoms with Crippen LogP contribution in [-0.4, -0.2) is 21.1 Å². The second-order valence-corrected chi connectivity index (χ2v) is 18.7. The van der Waals surface area contributed by atoms with Gasteiger partial charge >= 0.3 is 0 Å². The molecule has 0 amide bonds. The first-order chi connectivity index (χ1) is 11.7. The van der Waals surface area contributed by atoms with Crippen LogP contribution < -0.4 is 14.9 Å². The molecule has 0 spiro atoms. The van der Waals surface area contributed by atoms with Crippen molar-refractivity contribution in [1.82, 2.24) is 4.98 Å². The molecule has 0 bridgehead atoms. The number of nitrogens with zero attached hydrogens (tertiary/aromatic N) is 2. The third-order valence-electron chi connectivity index (χ3n) is 6.37. The number of fused-ring (bicyclic) bond motifs is 3. The molecule has 2 nitrogen and oxygen atoms in total. The Labute approximate surface area is 152 Å². The lowest BCUT2D eigenvalue weighted by molar-refractivity contribution is -0.680. The van der Waals surface area contributed by atoms with Gasteiger partial charge in [0.25, 0.3) is 6.33 Å². The van der Waals surface area contributed by atoms with Gasteiger partial charge in [0, 0.05) is 6.42 Å². The lowest BCUT2D eigenvalue weighted by atomic mass is 10.0. The van der Waals surface area contributed by atoms with E-state index in [1.54, 1.807) is 10.4 Å². The maximum atomic E-state index is 4.70. The Hall–Kier alpha value is -1.53. The summed E-state index contributed by atoms with van der Waals surface area (Å²) in [4.78, 5) is 4.70. The van der Waals surface area contributed by atoms with E-state index in [1.807, 2.05) is 6.33 Å². The molecule has 0 saturated heterocycles. The van der Waals surface area contributed by atoms with Gasteiger partial charge in [-0.25, -0.2) is 4.57 Å². The van der Waals surface area contributed by atoms with Gasteiger partial charge in [0.1, 0.15) is 5.69 Å². The number of hydrogen-bond donors (Lipinski definition) is 0. The highest BCUT2D eigenvalue weighted by Gasteiger charge is 2.39. The molecule has 2 heterocycles. The molecule has 4 rings (SSSR count). The van der Waals surface area contributed by atoms with Crippen molar-refractivity contribution >= 4 is 48.2 Å². The lowest BCUT2D eigenvalue weighted by Gasteiger charge is -2.39. The molecular formula is C21H29N2Si2+. The predicted octanol–water partition coefficient (Wildman–Crippen LogP) is 3.62. The van der Waals surface area contributed by atoms with Crippen LogP contribution in [0, 0.1) is 0 Å². The third kappa shape index (κ3) is 2.58. The van der Waals surface area contributed by atoms with E-state index in [4.69, 9.17) is 4.98 Å². The summed E-state index contributed by atoms with van der Waals surface area (Å²) >= 11 is 0. The highest BCUT2D eigenvalue weighted by atomic mass is 28.3. The van der Waals surface area contributed by atoms with Crippen molar-refractivity contribution in [1.29, 1.82) is 0 Å². The Morgan fingerprint density at radius 1 is 0.920 bits per heavy atom. The van der Waals surface area contributed by atoms with Crippen molar-refractivity contribution in [2.75, 3.05) is 0 Å². The van der Waals surface area contributed by atoms with Crippen molar-refractivity contribution in [3.63, 3.8) is 0 Å². The number of rotatable bonds is 1. The van der Waals surface area contributed by atoms with Gasteiger partial charge < -0.3 is 0 Å². The molecule has 0 aliphatic carbocycles. The van der Waals surface area contributed by atoms with Gasteiger partial charge in [0.05, 0.1) is 28.6 Å². The Morgan fingerprint density at radius 2 is 1.48 bits per heavy atom. The van der Waals surface area contributed by atoms with Crippen LogP contribution in [0.2, 0.25) is 38.3 Å². The molecular weight excluding hydrogens is 336 g/mol. The average molecular weight is 366 g/mol. The molecule has 1 aliphatic rings. The van der Waals surface area contributed by atoms with Crippen molar-refractivity contribution in [2.45, 2.75) is 51.6 Å². The summed E-state index contributed by atoms with van der Waals surface area (Å²) < 4.78 is 2.17. The Balaban J connectivity index is 2.08. The van der Waals surface area contributed by atoms with Crippen LogP contribution in [0.1, 0.15) is 12.6 Å². The maximum Gasteiger partial charge on any atom is 0.286 e. The van der Waals surface area contributed by atoms with E-state index < -0.39 is 16.1 Å². The molecule has 0 fully saturated rings. The van der Waals surface area contributed by atoms with E-state index in [0.29, 0.717) is 0 Å². The maximum absolute atomic E-state index is 4.70. The highest BCUT2D eigenvalue weighted by Crippen LogP contribution is 2.29. The van der Waals surface area contributed by atoms with Crippen LogP contribution in [0.5, 0.6) is 0 Å². The van der Waals surface area contributed by atoms with Gasteiger partial charge in [-0.2, -0.15) is 0 Å². The van der Waals surface area contributed by atoms with E-state index in [-0.39, 0.29) is 0 Å². The Kier molecular flexibility index (Phi) is 3.71. The normalized spacial score (nSPS) is 18.5. The van der Waals surface area contributed by atoms with Crippen LogP contribution in [0.3, 0.4) is 0 Å². The second kappa shape index (κ2) is 5.48. The molecule has 0 N–H and O–H groups in total. The van der Waals surface area contributed by atoms with Crippen LogP contribution in [0.25, 0.3) is 21.7 Å². The summed E-state index contributed by atoms with van der Waals surface area (Å²) in [6.45, 7) is 12.4. The van der Waals surface area contributed by atoms with Crippen molar-refractivity contribution in [2.24, 2.45) is 7.05 Å². The predicted molar refractivity (Wildman–Crippen MR) is 114 cm³/mol. The van der Waals surface area contributed by atoms with Gasteiger partial charge in [0.15, 0.2) is 5.52 Å². The van der Waals surface area contributed by atoms with E-state index in [0.717, 1.165) is 11.9 Å². The van der Waals surface area contributed by atoms with Crippen LogP contribution >= 0.6 is 0 Å². The molecule has 4 heteroatoms. The molecule has 1 aliphatic heterocycles.